The molecule has 0 radical (unpaired) electrons. The minimum absolute atomic E-state index is 0.0785. The van der Waals surface area contributed by atoms with Gasteiger partial charge in [0, 0.05) is 5.56 Å². The first-order valence-electron chi connectivity index (χ1n) is 10.9. The lowest BCUT2D eigenvalue weighted by molar-refractivity contribution is 0.368. The van der Waals surface area contributed by atoms with E-state index in [-0.39, 0.29) is 16.7 Å². The van der Waals surface area contributed by atoms with Gasteiger partial charge in [0.25, 0.3) is 0 Å². The van der Waals surface area contributed by atoms with Crippen molar-refractivity contribution >= 4 is 11.0 Å². The molecule has 0 amide bonds. The van der Waals surface area contributed by atoms with E-state index in [0.29, 0.717) is 11.5 Å². The van der Waals surface area contributed by atoms with Crippen molar-refractivity contribution in [3.05, 3.63) is 46.1 Å². The van der Waals surface area contributed by atoms with Crippen LogP contribution in [0.15, 0.2) is 39.5 Å². The van der Waals surface area contributed by atoms with Crippen molar-refractivity contribution in [2.24, 2.45) is 0 Å². The van der Waals surface area contributed by atoms with Gasteiger partial charge in [-0.05, 0) is 42.2 Å². The highest BCUT2D eigenvalue weighted by atomic mass is 16.4. The minimum Gasteiger partial charge on any atom is -0.504 e. The van der Waals surface area contributed by atoms with Gasteiger partial charge in [0.1, 0.15) is 5.58 Å². The Labute approximate surface area is 181 Å². The van der Waals surface area contributed by atoms with E-state index < -0.39 is 28.4 Å². The second-order valence-corrected chi connectivity index (χ2v) is 8.19. The highest BCUT2D eigenvalue weighted by Gasteiger charge is 2.19. The van der Waals surface area contributed by atoms with Crippen LogP contribution in [-0.2, 0) is 0 Å². The fourth-order valence-electron chi connectivity index (χ4n) is 3.83. The third-order valence-electron chi connectivity index (χ3n) is 5.78. The van der Waals surface area contributed by atoms with Crippen LogP contribution in [0, 0.1) is 0 Å². The van der Waals surface area contributed by atoms with Crippen molar-refractivity contribution in [2.75, 3.05) is 0 Å². The summed E-state index contributed by atoms with van der Waals surface area (Å²) in [6.07, 6.45) is 8.43. The van der Waals surface area contributed by atoms with Crippen LogP contribution in [0.25, 0.3) is 22.3 Å². The lowest BCUT2D eigenvalue weighted by Crippen LogP contribution is -2.04. The molecule has 6 heteroatoms. The molecule has 4 N–H and O–H groups in total. The zero-order valence-electron chi connectivity index (χ0n) is 18.0. The molecule has 0 bridgehead atoms. The fourth-order valence-corrected chi connectivity index (χ4v) is 3.83. The summed E-state index contributed by atoms with van der Waals surface area (Å²) in [6, 6.07) is 7.58. The first-order chi connectivity index (χ1) is 14.8. The Morgan fingerprint density at radius 2 is 1.52 bits per heavy atom. The second kappa shape index (κ2) is 9.77. The Morgan fingerprint density at radius 3 is 2.19 bits per heavy atom. The Hall–Kier alpha value is -3.15. The van der Waals surface area contributed by atoms with Crippen molar-refractivity contribution in [3.8, 4) is 34.3 Å². The molecule has 0 aliphatic heterocycles. The SMILES string of the molecule is CCCCCCCCC(C)c1ccc2c(=O)c(O)c(-c3cc(O)c(O)c(O)c3)oc2c1. The van der Waals surface area contributed by atoms with Crippen molar-refractivity contribution in [1.29, 1.82) is 0 Å². The van der Waals surface area contributed by atoms with Gasteiger partial charge in [-0.3, -0.25) is 4.79 Å². The van der Waals surface area contributed by atoms with Crippen molar-refractivity contribution in [3.63, 3.8) is 0 Å². The van der Waals surface area contributed by atoms with Gasteiger partial charge in [0.15, 0.2) is 23.0 Å². The van der Waals surface area contributed by atoms with E-state index in [2.05, 4.69) is 13.8 Å². The summed E-state index contributed by atoms with van der Waals surface area (Å²) in [6.45, 7) is 4.35. The van der Waals surface area contributed by atoms with E-state index >= 15 is 0 Å². The Balaban J connectivity index is 1.89. The molecule has 1 aromatic heterocycles. The molecule has 2 aromatic carbocycles. The molecule has 1 unspecified atom stereocenters. The van der Waals surface area contributed by atoms with E-state index in [4.69, 9.17) is 4.42 Å². The summed E-state index contributed by atoms with van der Waals surface area (Å²) < 4.78 is 5.82. The maximum atomic E-state index is 12.7. The smallest absolute Gasteiger partial charge is 0.235 e. The van der Waals surface area contributed by atoms with Gasteiger partial charge in [0.05, 0.1) is 5.39 Å². The number of hydrogen-bond acceptors (Lipinski definition) is 6. The van der Waals surface area contributed by atoms with Crippen LogP contribution in [-0.4, -0.2) is 20.4 Å². The van der Waals surface area contributed by atoms with Crippen molar-refractivity contribution < 1.29 is 24.8 Å². The van der Waals surface area contributed by atoms with E-state index in [1.165, 1.54) is 32.1 Å². The van der Waals surface area contributed by atoms with Gasteiger partial charge < -0.3 is 24.8 Å². The molecule has 3 rings (SSSR count). The number of aromatic hydroxyl groups is 4. The van der Waals surface area contributed by atoms with Crippen LogP contribution in [0.1, 0.15) is 70.3 Å². The third-order valence-corrected chi connectivity index (χ3v) is 5.78. The maximum Gasteiger partial charge on any atom is 0.235 e. The van der Waals surface area contributed by atoms with Gasteiger partial charge >= 0.3 is 0 Å². The van der Waals surface area contributed by atoms with Crippen LogP contribution in [0.5, 0.6) is 23.0 Å². The minimum atomic E-state index is -0.683. The molecule has 6 nitrogen and oxygen atoms in total. The van der Waals surface area contributed by atoms with Crippen LogP contribution >= 0.6 is 0 Å². The summed E-state index contributed by atoms with van der Waals surface area (Å²) in [7, 11) is 0. The topological polar surface area (TPSA) is 111 Å². The molecule has 0 aliphatic rings. The lowest BCUT2D eigenvalue weighted by atomic mass is 9.94. The van der Waals surface area contributed by atoms with Crippen molar-refractivity contribution in [2.45, 2.75) is 64.7 Å². The number of benzene rings is 2. The highest BCUT2D eigenvalue weighted by molar-refractivity contribution is 5.83. The van der Waals surface area contributed by atoms with E-state index in [9.17, 15) is 25.2 Å². The fraction of sp³-hybridized carbons (Fsp3) is 0.400. The average Bonchev–Trinajstić information content (AvgIpc) is 2.76. The number of hydrogen-bond donors (Lipinski definition) is 4. The first-order valence-corrected chi connectivity index (χ1v) is 10.9. The molecule has 0 fully saturated rings. The summed E-state index contributed by atoms with van der Waals surface area (Å²) in [5.41, 5.74) is 0.836. The van der Waals surface area contributed by atoms with E-state index in [1.807, 2.05) is 12.1 Å². The molecule has 0 aliphatic carbocycles. The number of fused-ring (bicyclic) bond motifs is 1. The molecule has 0 saturated carbocycles. The van der Waals surface area contributed by atoms with Gasteiger partial charge in [-0.25, -0.2) is 0 Å². The average molecular weight is 427 g/mol. The van der Waals surface area contributed by atoms with Gasteiger partial charge in [-0.1, -0.05) is 58.4 Å². The Kier molecular flexibility index (Phi) is 7.10. The number of rotatable bonds is 9. The van der Waals surface area contributed by atoms with E-state index in [1.54, 1.807) is 6.07 Å². The zero-order valence-corrected chi connectivity index (χ0v) is 18.0. The normalized spacial score (nSPS) is 12.3. The number of phenols is 3. The lowest BCUT2D eigenvalue weighted by Gasteiger charge is -2.13. The molecule has 0 saturated heterocycles. The standard InChI is InChI=1S/C25H30O6/c1-3-4-5-6-7-8-9-15(2)16-10-11-18-21(14-16)31-25(24(30)22(18)28)17-12-19(26)23(29)20(27)13-17/h10-15,26-27,29-30H,3-9H2,1-2H3. The van der Waals surface area contributed by atoms with Crippen molar-refractivity contribution in [1.82, 2.24) is 0 Å². The Morgan fingerprint density at radius 1 is 0.871 bits per heavy atom. The maximum absolute atomic E-state index is 12.7. The summed E-state index contributed by atoms with van der Waals surface area (Å²) >= 11 is 0. The monoisotopic (exact) mass is 426 g/mol. The van der Waals surface area contributed by atoms with Crippen LogP contribution in [0.4, 0.5) is 0 Å². The quantitative estimate of drug-likeness (QED) is 0.242. The summed E-state index contributed by atoms with van der Waals surface area (Å²) in [5.74, 6) is -2.36. The molecule has 0 spiro atoms. The third kappa shape index (κ3) is 4.95. The summed E-state index contributed by atoms with van der Waals surface area (Å²) in [4.78, 5) is 12.7. The predicted molar refractivity (Wildman–Crippen MR) is 121 cm³/mol. The van der Waals surface area contributed by atoms with Crippen LogP contribution in [0.3, 0.4) is 0 Å². The highest BCUT2D eigenvalue weighted by Crippen LogP contribution is 2.41. The molecule has 1 heterocycles. The first kappa shape index (κ1) is 22.5. The number of phenolic OH excluding ortho intramolecular Hbond substituents is 3. The molecule has 3 aromatic rings. The van der Waals surface area contributed by atoms with Gasteiger partial charge in [-0.15, -0.1) is 0 Å². The summed E-state index contributed by atoms with van der Waals surface area (Å²) in [5, 5.41) is 39.7. The molecule has 31 heavy (non-hydrogen) atoms. The second-order valence-electron chi connectivity index (χ2n) is 8.19. The van der Waals surface area contributed by atoms with Crippen LogP contribution in [0.2, 0.25) is 0 Å². The zero-order chi connectivity index (χ0) is 22.5. The van der Waals surface area contributed by atoms with Gasteiger partial charge in [-0.2, -0.15) is 0 Å². The van der Waals surface area contributed by atoms with Gasteiger partial charge in [0.2, 0.25) is 11.2 Å². The molecule has 166 valence electrons. The molecular formula is C25H30O6. The molecular weight excluding hydrogens is 396 g/mol. The van der Waals surface area contributed by atoms with Crippen LogP contribution < -0.4 is 5.43 Å². The van der Waals surface area contributed by atoms with E-state index in [0.717, 1.165) is 30.5 Å². The predicted octanol–water partition coefficient (Wildman–Crippen LogP) is 6.14. The number of unbranched alkanes of at least 4 members (excludes halogenated alkanes) is 5. The molecule has 1 atom stereocenters. The largest absolute Gasteiger partial charge is 0.504 e. The Bertz CT molecular complexity index is 1090.